The summed E-state index contributed by atoms with van der Waals surface area (Å²) in [4.78, 5) is 28.2. The van der Waals surface area contributed by atoms with Gasteiger partial charge in [0.2, 0.25) is 5.91 Å². The lowest BCUT2D eigenvalue weighted by molar-refractivity contribution is -0.128. The van der Waals surface area contributed by atoms with Crippen molar-refractivity contribution in [2.75, 3.05) is 45.2 Å². The van der Waals surface area contributed by atoms with Crippen LogP contribution in [0.4, 0.5) is 10.5 Å². The molecule has 2 aliphatic heterocycles. The number of carbonyl (C=O) groups is 2. The molecule has 24 heavy (non-hydrogen) atoms. The van der Waals surface area contributed by atoms with Crippen molar-refractivity contribution in [3.63, 3.8) is 0 Å². The first kappa shape index (κ1) is 16.6. The molecule has 0 unspecified atom stereocenters. The van der Waals surface area contributed by atoms with Crippen LogP contribution < -0.4 is 15.4 Å². The standard InChI is InChI=1S/C17H24N4O3/c1-3-21-10-15(22)18-11-17(21)7-8-20(12-17)16(23)19-13-5-4-6-14(9-13)24-2/h4-6,9H,3,7-8,10-12H2,1-2H3,(H,18,22)(H,19,23)/t17-/m0/s1. The van der Waals surface area contributed by atoms with Crippen LogP contribution >= 0.6 is 0 Å². The molecule has 3 amide bonds. The van der Waals surface area contributed by atoms with Crippen LogP contribution in [-0.2, 0) is 4.79 Å². The van der Waals surface area contributed by atoms with Crippen molar-refractivity contribution in [1.82, 2.24) is 15.1 Å². The van der Waals surface area contributed by atoms with Crippen LogP contribution in [0.2, 0.25) is 0 Å². The molecule has 7 nitrogen and oxygen atoms in total. The summed E-state index contributed by atoms with van der Waals surface area (Å²) in [7, 11) is 1.60. The number of nitrogens with zero attached hydrogens (tertiary/aromatic N) is 2. The summed E-state index contributed by atoms with van der Waals surface area (Å²) in [5.74, 6) is 0.764. The van der Waals surface area contributed by atoms with Crippen LogP contribution in [0.5, 0.6) is 5.75 Å². The van der Waals surface area contributed by atoms with Crippen LogP contribution in [0.1, 0.15) is 13.3 Å². The molecule has 0 saturated carbocycles. The number of amides is 3. The Balaban J connectivity index is 1.66. The van der Waals surface area contributed by atoms with Gasteiger partial charge in [0.15, 0.2) is 0 Å². The van der Waals surface area contributed by atoms with E-state index in [-0.39, 0.29) is 17.5 Å². The minimum atomic E-state index is -0.144. The SMILES string of the molecule is CCN1CC(=O)NC[C@]12CCN(C(=O)Nc1cccc(OC)c1)C2. The molecule has 1 aromatic rings. The quantitative estimate of drug-likeness (QED) is 0.870. The van der Waals surface area contributed by atoms with E-state index in [0.29, 0.717) is 37.6 Å². The Hall–Kier alpha value is -2.28. The van der Waals surface area contributed by atoms with Gasteiger partial charge in [0.1, 0.15) is 5.75 Å². The van der Waals surface area contributed by atoms with Crippen molar-refractivity contribution in [3.8, 4) is 5.75 Å². The van der Waals surface area contributed by atoms with Gasteiger partial charge in [-0.2, -0.15) is 0 Å². The molecule has 3 rings (SSSR count). The van der Waals surface area contributed by atoms with Crippen molar-refractivity contribution < 1.29 is 14.3 Å². The molecule has 7 heteroatoms. The Kier molecular flexibility index (Phi) is 4.62. The van der Waals surface area contributed by atoms with Gasteiger partial charge in [0.25, 0.3) is 0 Å². The van der Waals surface area contributed by atoms with Crippen molar-refractivity contribution in [2.24, 2.45) is 0 Å². The molecule has 0 bridgehead atoms. The van der Waals surface area contributed by atoms with E-state index in [4.69, 9.17) is 4.74 Å². The molecule has 0 radical (unpaired) electrons. The Morgan fingerprint density at radius 2 is 2.29 bits per heavy atom. The van der Waals surface area contributed by atoms with Gasteiger partial charge in [-0.05, 0) is 25.1 Å². The average Bonchev–Trinajstić information content (AvgIpc) is 3.02. The normalized spacial score (nSPS) is 24.1. The smallest absolute Gasteiger partial charge is 0.321 e. The summed E-state index contributed by atoms with van der Waals surface area (Å²) < 4.78 is 5.18. The summed E-state index contributed by atoms with van der Waals surface area (Å²) in [5, 5.41) is 5.87. The Morgan fingerprint density at radius 1 is 1.46 bits per heavy atom. The number of piperazine rings is 1. The number of hydrogen-bond donors (Lipinski definition) is 2. The second-order valence-electron chi connectivity index (χ2n) is 6.35. The molecule has 0 aliphatic carbocycles. The van der Waals surface area contributed by atoms with Crippen LogP contribution in [-0.4, -0.2) is 67.1 Å². The fourth-order valence-corrected chi connectivity index (χ4v) is 3.55. The van der Waals surface area contributed by atoms with Gasteiger partial charge in [-0.15, -0.1) is 0 Å². The Bertz CT molecular complexity index is 636. The number of benzene rings is 1. The van der Waals surface area contributed by atoms with E-state index in [1.807, 2.05) is 23.1 Å². The van der Waals surface area contributed by atoms with E-state index >= 15 is 0 Å². The zero-order valence-corrected chi connectivity index (χ0v) is 14.2. The maximum atomic E-state index is 12.6. The molecule has 1 spiro atoms. The predicted molar refractivity (Wildman–Crippen MR) is 91.2 cm³/mol. The fraction of sp³-hybridized carbons (Fsp3) is 0.529. The van der Waals surface area contributed by atoms with Crippen molar-refractivity contribution >= 4 is 17.6 Å². The van der Waals surface area contributed by atoms with E-state index in [9.17, 15) is 9.59 Å². The third-order valence-electron chi connectivity index (χ3n) is 4.94. The number of carbonyl (C=O) groups excluding carboxylic acids is 2. The first-order valence-electron chi connectivity index (χ1n) is 8.28. The van der Waals surface area contributed by atoms with Crippen LogP contribution in [0.25, 0.3) is 0 Å². The van der Waals surface area contributed by atoms with E-state index < -0.39 is 0 Å². The van der Waals surface area contributed by atoms with E-state index in [1.165, 1.54) is 0 Å². The second-order valence-corrected chi connectivity index (χ2v) is 6.35. The number of likely N-dealkylation sites (N-methyl/N-ethyl adjacent to an activating group) is 1. The average molecular weight is 332 g/mol. The first-order valence-corrected chi connectivity index (χ1v) is 8.28. The summed E-state index contributed by atoms with van der Waals surface area (Å²) in [6.45, 7) is 5.17. The molecule has 130 valence electrons. The number of hydrogen-bond acceptors (Lipinski definition) is 4. The van der Waals surface area contributed by atoms with Gasteiger partial charge in [-0.3, -0.25) is 9.69 Å². The summed E-state index contributed by atoms with van der Waals surface area (Å²) in [6, 6.07) is 7.20. The van der Waals surface area contributed by atoms with Gasteiger partial charge in [0.05, 0.1) is 19.2 Å². The fourth-order valence-electron chi connectivity index (χ4n) is 3.55. The third-order valence-corrected chi connectivity index (χ3v) is 4.94. The summed E-state index contributed by atoms with van der Waals surface area (Å²) >= 11 is 0. The van der Waals surface area contributed by atoms with Crippen molar-refractivity contribution in [1.29, 1.82) is 0 Å². The Labute approximate surface area is 141 Å². The van der Waals surface area contributed by atoms with Crippen molar-refractivity contribution in [2.45, 2.75) is 18.9 Å². The number of rotatable bonds is 3. The maximum Gasteiger partial charge on any atom is 0.321 e. The summed E-state index contributed by atoms with van der Waals surface area (Å²) in [5.41, 5.74) is 0.568. The van der Waals surface area contributed by atoms with Gasteiger partial charge >= 0.3 is 6.03 Å². The number of ether oxygens (including phenoxy) is 1. The molecule has 1 atom stereocenters. The predicted octanol–water partition coefficient (Wildman–Crippen LogP) is 1.12. The van der Waals surface area contributed by atoms with Crippen LogP contribution in [0.3, 0.4) is 0 Å². The third kappa shape index (κ3) is 3.17. The number of methoxy groups -OCH3 is 1. The summed E-state index contributed by atoms with van der Waals surface area (Å²) in [6.07, 6.45) is 0.868. The molecule has 2 fully saturated rings. The zero-order valence-electron chi connectivity index (χ0n) is 14.2. The number of nitrogens with one attached hydrogen (secondary N) is 2. The largest absolute Gasteiger partial charge is 0.497 e. The number of anilines is 1. The zero-order chi connectivity index (χ0) is 17.2. The van der Waals surface area contributed by atoms with Crippen LogP contribution in [0, 0.1) is 0 Å². The molecule has 2 aliphatic rings. The van der Waals surface area contributed by atoms with Crippen molar-refractivity contribution in [3.05, 3.63) is 24.3 Å². The molecule has 2 N–H and O–H groups in total. The molecular formula is C17H24N4O3. The van der Waals surface area contributed by atoms with Gasteiger partial charge < -0.3 is 20.3 Å². The highest BCUT2D eigenvalue weighted by Crippen LogP contribution is 2.30. The molecule has 2 heterocycles. The minimum absolute atomic E-state index is 0.0572. The molecule has 2 saturated heterocycles. The molecular weight excluding hydrogens is 308 g/mol. The van der Waals surface area contributed by atoms with Gasteiger partial charge in [-0.1, -0.05) is 13.0 Å². The number of likely N-dealkylation sites (tertiary alicyclic amines) is 1. The Morgan fingerprint density at radius 3 is 3.04 bits per heavy atom. The maximum absolute atomic E-state index is 12.6. The molecule has 1 aromatic carbocycles. The number of urea groups is 1. The topological polar surface area (TPSA) is 73.9 Å². The monoisotopic (exact) mass is 332 g/mol. The lowest BCUT2D eigenvalue weighted by Gasteiger charge is -2.43. The van der Waals surface area contributed by atoms with Gasteiger partial charge in [-0.25, -0.2) is 4.79 Å². The lowest BCUT2D eigenvalue weighted by Crippen LogP contribution is -2.64. The van der Waals surface area contributed by atoms with E-state index in [2.05, 4.69) is 22.5 Å². The minimum Gasteiger partial charge on any atom is -0.497 e. The van der Waals surface area contributed by atoms with E-state index in [1.54, 1.807) is 13.2 Å². The second kappa shape index (κ2) is 6.68. The lowest BCUT2D eigenvalue weighted by atomic mass is 9.93. The van der Waals surface area contributed by atoms with Crippen LogP contribution in [0.15, 0.2) is 24.3 Å². The highest BCUT2D eigenvalue weighted by atomic mass is 16.5. The van der Waals surface area contributed by atoms with Gasteiger partial charge in [0, 0.05) is 31.4 Å². The first-order chi connectivity index (χ1) is 11.6. The highest BCUT2D eigenvalue weighted by Gasteiger charge is 2.46. The highest BCUT2D eigenvalue weighted by molar-refractivity contribution is 5.90. The molecule has 0 aromatic heterocycles. The van der Waals surface area contributed by atoms with E-state index in [0.717, 1.165) is 13.0 Å².